The first kappa shape index (κ1) is 29.0. The van der Waals surface area contributed by atoms with E-state index < -0.39 is 10.8 Å². The molecular formula is C33H50O2S. The molecule has 0 saturated carbocycles. The van der Waals surface area contributed by atoms with Crippen LogP contribution in [-0.4, -0.2) is 20.8 Å². The largest absolute Gasteiger partial charge is 0.508 e. The van der Waals surface area contributed by atoms with Crippen molar-refractivity contribution in [3.8, 4) is 5.75 Å². The first-order valence-corrected chi connectivity index (χ1v) is 16.3. The lowest BCUT2D eigenvalue weighted by molar-refractivity contribution is 0.424. The SMILES string of the molecule is CCCCCCS(=O)CCCCCCCCCC[C@H]1c2ccc(O)cc2CCC1c1ccc(C)cc1. The summed E-state index contributed by atoms with van der Waals surface area (Å²) in [4.78, 5) is 0. The fourth-order valence-corrected chi connectivity index (χ4v) is 7.20. The number of unbranched alkanes of at least 4 members (excludes halogenated alkanes) is 10. The summed E-state index contributed by atoms with van der Waals surface area (Å²) >= 11 is 0. The van der Waals surface area contributed by atoms with E-state index in [9.17, 15) is 9.32 Å². The van der Waals surface area contributed by atoms with Gasteiger partial charge in [-0.3, -0.25) is 4.21 Å². The number of hydrogen-bond acceptors (Lipinski definition) is 2. The Kier molecular flexibility index (Phi) is 13.1. The molecule has 0 saturated heterocycles. The third kappa shape index (κ3) is 9.69. The van der Waals surface area contributed by atoms with E-state index in [0.29, 0.717) is 17.6 Å². The third-order valence-corrected chi connectivity index (χ3v) is 9.59. The zero-order valence-electron chi connectivity index (χ0n) is 23.0. The summed E-state index contributed by atoms with van der Waals surface area (Å²) in [5, 5.41) is 10.0. The van der Waals surface area contributed by atoms with E-state index in [4.69, 9.17) is 0 Å². The van der Waals surface area contributed by atoms with Crippen molar-refractivity contribution in [2.75, 3.05) is 11.5 Å². The quantitative estimate of drug-likeness (QED) is 0.215. The summed E-state index contributed by atoms with van der Waals surface area (Å²) in [6, 6.07) is 15.2. The minimum Gasteiger partial charge on any atom is -0.508 e. The van der Waals surface area contributed by atoms with Gasteiger partial charge in [-0.1, -0.05) is 107 Å². The lowest BCUT2D eigenvalue weighted by Gasteiger charge is -2.34. The number of phenols is 1. The van der Waals surface area contributed by atoms with Crippen LogP contribution in [0.4, 0.5) is 0 Å². The molecule has 1 aliphatic rings. The van der Waals surface area contributed by atoms with Crippen LogP contribution in [0.1, 0.15) is 131 Å². The van der Waals surface area contributed by atoms with Gasteiger partial charge in [0, 0.05) is 22.3 Å². The van der Waals surface area contributed by atoms with Crippen molar-refractivity contribution in [2.45, 2.75) is 122 Å². The fourth-order valence-electron chi connectivity index (χ4n) is 5.95. The minimum absolute atomic E-state index is 0.402. The second-order valence-electron chi connectivity index (χ2n) is 11.1. The monoisotopic (exact) mass is 510 g/mol. The highest BCUT2D eigenvalue weighted by Gasteiger charge is 2.30. The molecular weight excluding hydrogens is 460 g/mol. The Morgan fingerprint density at radius 1 is 0.806 bits per heavy atom. The molecule has 1 aliphatic carbocycles. The summed E-state index contributed by atoms with van der Waals surface area (Å²) in [7, 11) is -0.587. The van der Waals surface area contributed by atoms with Gasteiger partial charge in [-0.25, -0.2) is 0 Å². The first-order valence-electron chi connectivity index (χ1n) is 14.8. The Bertz CT molecular complexity index is 904. The summed E-state index contributed by atoms with van der Waals surface area (Å²) < 4.78 is 12.1. The van der Waals surface area contributed by atoms with Gasteiger partial charge in [0.25, 0.3) is 0 Å². The lowest BCUT2D eigenvalue weighted by atomic mass is 9.70. The van der Waals surface area contributed by atoms with Crippen molar-refractivity contribution < 1.29 is 9.32 Å². The van der Waals surface area contributed by atoms with Crippen LogP contribution in [0.25, 0.3) is 0 Å². The number of aryl methyl sites for hydroxylation is 2. The van der Waals surface area contributed by atoms with Gasteiger partial charge in [0.05, 0.1) is 0 Å². The predicted octanol–water partition coefficient (Wildman–Crippen LogP) is 9.35. The van der Waals surface area contributed by atoms with E-state index in [1.165, 1.54) is 99.3 Å². The highest BCUT2D eigenvalue weighted by atomic mass is 32.2. The molecule has 3 rings (SSSR count). The molecule has 0 aliphatic heterocycles. The maximum Gasteiger partial charge on any atom is 0.115 e. The molecule has 0 heterocycles. The molecule has 0 amide bonds. The molecule has 2 aromatic rings. The van der Waals surface area contributed by atoms with Crippen LogP contribution in [-0.2, 0) is 17.2 Å². The number of fused-ring (bicyclic) bond motifs is 1. The molecule has 0 radical (unpaired) electrons. The molecule has 0 fully saturated rings. The minimum atomic E-state index is -0.587. The molecule has 36 heavy (non-hydrogen) atoms. The third-order valence-electron chi connectivity index (χ3n) is 8.10. The first-order chi connectivity index (χ1) is 17.6. The predicted molar refractivity (Wildman–Crippen MR) is 157 cm³/mol. The summed E-state index contributed by atoms with van der Waals surface area (Å²) in [5.74, 6) is 3.37. The summed E-state index contributed by atoms with van der Waals surface area (Å²) in [6.45, 7) is 4.39. The van der Waals surface area contributed by atoms with Gasteiger partial charge in [-0.2, -0.15) is 0 Å². The van der Waals surface area contributed by atoms with E-state index in [2.05, 4.69) is 44.2 Å². The van der Waals surface area contributed by atoms with Crippen molar-refractivity contribution in [3.05, 3.63) is 64.7 Å². The number of benzene rings is 2. The van der Waals surface area contributed by atoms with Gasteiger partial charge in [-0.05, 0) is 79.7 Å². The average Bonchev–Trinajstić information content (AvgIpc) is 2.88. The highest BCUT2D eigenvalue weighted by Crippen LogP contribution is 2.46. The van der Waals surface area contributed by atoms with E-state index in [-0.39, 0.29) is 0 Å². The zero-order valence-corrected chi connectivity index (χ0v) is 23.8. The molecule has 1 N–H and O–H groups in total. The van der Waals surface area contributed by atoms with Gasteiger partial charge >= 0.3 is 0 Å². The Balaban J connectivity index is 1.34. The Labute approximate surface area is 223 Å². The van der Waals surface area contributed by atoms with E-state index in [1.54, 1.807) is 0 Å². The van der Waals surface area contributed by atoms with E-state index in [0.717, 1.165) is 30.8 Å². The second-order valence-corrected chi connectivity index (χ2v) is 12.8. The molecule has 3 heteroatoms. The van der Waals surface area contributed by atoms with Gasteiger partial charge < -0.3 is 5.11 Å². The van der Waals surface area contributed by atoms with Crippen LogP contribution in [0, 0.1) is 6.92 Å². The molecule has 200 valence electrons. The van der Waals surface area contributed by atoms with Crippen LogP contribution < -0.4 is 0 Å². The molecule has 0 spiro atoms. The molecule has 0 bridgehead atoms. The van der Waals surface area contributed by atoms with Crippen LogP contribution in [0.2, 0.25) is 0 Å². The van der Waals surface area contributed by atoms with Crippen molar-refractivity contribution in [3.63, 3.8) is 0 Å². The molecule has 2 aromatic carbocycles. The van der Waals surface area contributed by atoms with Gasteiger partial charge in [0.1, 0.15) is 5.75 Å². The molecule has 3 atom stereocenters. The molecule has 2 unspecified atom stereocenters. The van der Waals surface area contributed by atoms with Gasteiger partial charge in [0.2, 0.25) is 0 Å². The molecule has 0 aromatic heterocycles. The van der Waals surface area contributed by atoms with Crippen molar-refractivity contribution in [2.24, 2.45) is 0 Å². The van der Waals surface area contributed by atoms with E-state index in [1.807, 2.05) is 12.1 Å². The maximum atomic E-state index is 12.1. The van der Waals surface area contributed by atoms with Crippen molar-refractivity contribution in [1.82, 2.24) is 0 Å². The Morgan fingerprint density at radius 2 is 1.42 bits per heavy atom. The van der Waals surface area contributed by atoms with Gasteiger partial charge in [-0.15, -0.1) is 0 Å². The van der Waals surface area contributed by atoms with Crippen molar-refractivity contribution in [1.29, 1.82) is 0 Å². The maximum absolute atomic E-state index is 12.1. The summed E-state index contributed by atoms with van der Waals surface area (Å²) in [6.07, 6.45) is 18.6. The standard InChI is InChI=1S/C33H50O2S/c1-3-4-5-13-24-36(35)25-14-11-9-7-6-8-10-12-15-33-31(28-18-16-27(2)17-19-28)22-20-29-26-30(34)21-23-32(29)33/h16-19,21,23,26,31,33-34H,3-15,20,22,24-25H2,1-2H3/t31?,33-,36?/m1/s1. The average molecular weight is 511 g/mol. The second kappa shape index (κ2) is 16.3. The summed E-state index contributed by atoms with van der Waals surface area (Å²) in [5.41, 5.74) is 5.62. The van der Waals surface area contributed by atoms with E-state index >= 15 is 0 Å². The smallest absolute Gasteiger partial charge is 0.115 e. The fraction of sp³-hybridized carbons (Fsp3) is 0.636. The van der Waals surface area contributed by atoms with Gasteiger partial charge in [0.15, 0.2) is 0 Å². The normalized spacial score (nSPS) is 18.2. The number of aromatic hydroxyl groups is 1. The number of rotatable bonds is 17. The zero-order chi connectivity index (χ0) is 25.6. The Morgan fingerprint density at radius 3 is 2.08 bits per heavy atom. The topological polar surface area (TPSA) is 37.3 Å². The number of phenolic OH excluding ortho intramolecular Hbond substituents is 1. The Hall–Kier alpha value is -1.61. The van der Waals surface area contributed by atoms with Crippen LogP contribution in [0.15, 0.2) is 42.5 Å². The van der Waals surface area contributed by atoms with Crippen LogP contribution in [0.5, 0.6) is 5.75 Å². The lowest BCUT2D eigenvalue weighted by Crippen LogP contribution is -2.19. The van der Waals surface area contributed by atoms with Crippen molar-refractivity contribution >= 4 is 10.8 Å². The van der Waals surface area contributed by atoms with Crippen LogP contribution >= 0.6 is 0 Å². The highest BCUT2D eigenvalue weighted by molar-refractivity contribution is 7.84. The van der Waals surface area contributed by atoms with Crippen LogP contribution in [0.3, 0.4) is 0 Å². The number of hydrogen-bond donors (Lipinski definition) is 1. The molecule has 2 nitrogen and oxygen atoms in total.